The van der Waals surface area contributed by atoms with Crippen molar-refractivity contribution in [3.63, 3.8) is 0 Å². The Bertz CT molecular complexity index is 772. The van der Waals surface area contributed by atoms with E-state index in [1.807, 2.05) is 0 Å². The maximum absolute atomic E-state index is 12.6. The van der Waals surface area contributed by atoms with Crippen LogP contribution in [0, 0.1) is 46.3 Å². The van der Waals surface area contributed by atoms with Crippen molar-refractivity contribution in [2.45, 2.75) is 111 Å². The fourth-order valence-electron chi connectivity index (χ4n) is 9.21. The predicted octanol–water partition coefficient (Wildman–Crippen LogP) is 6.54. The molecule has 9 atom stereocenters. The second-order valence-corrected chi connectivity index (χ2v) is 14.7. The van der Waals surface area contributed by atoms with Gasteiger partial charge in [0, 0.05) is 5.41 Å². The molecule has 3 saturated carbocycles. The molecule has 0 aromatic rings. The highest BCUT2D eigenvalue weighted by atomic mass is 31.2. The van der Waals surface area contributed by atoms with E-state index in [-0.39, 0.29) is 6.42 Å². The lowest BCUT2D eigenvalue weighted by atomic mass is 9.46. The molecule has 0 amide bonds. The highest BCUT2D eigenvalue weighted by molar-refractivity contribution is 7.52. The lowest BCUT2D eigenvalue weighted by molar-refractivity contribution is -0.0578. The summed E-state index contributed by atoms with van der Waals surface area (Å²) in [6.07, 6.45) is 12.4. The van der Waals surface area contributed by atoms with Crippen LogP contribution in [0.15, 0.2) is 11.6 Å². The predicted molar refractivity (Wildman–Crippen MR) is 130 cm³/mol. The molecule has 5 heteroatoms. The molecule has 3 fully saturated rings. The van der Waals surface area contributed by atoms with Gasteiger partial charge >= 0.3 is 7.60 Å². The molecule has 4 aliphatic rings. The molecule has 184 valence electrons. The normalized spacial score (nSPS) is 45.1. The van der Waals surface area contributed by atoms with Crippen molar-refractivity contribution in [1.29, 1.82) is 0 Å². The van der Waals surface area contributed by atoms with Crippen molar-refractivity contribution < 1.29 is 19.5 Å². The quantitative estimate of drug-likeness (QED) is 0.307. The highest BCUT2D eigenvalue weighted by Crippen LogP contribution is 2.70. The molecule has 32 heavy (non-hydrogen) atoms. The molecule has 0 radical (unpaired) electrons. The summed E-state index contributed by atoms with van der Waals surface area (Å²) in [4.78, 5) is 20.6. The fourth-order valence-corrected chi connectivity index (χ4v) is 10.8. The second kappa shape index (κ2) is 8.81. The van der Waals surface area contributed by atoms with Crippen LogP contribution in [-0.2, 0) is 4.57 Å². The Morgan fingerprint density at radius 3 is 2.47 bits per heavy atom. The first-order valence-corrected chi connectivity index (χ1v) is 15.0. The molecule has 1 unspecified atom stereocenters. The van der Waals surface area contributed by atoms with E-state index in [4.69, 9.17) is 0 Å². The van der Waals surface area contributed by atoms with E-state index in [2.05, 4.69) is 40.7 Å². The standard InChI is InChI=1S/C27H47O4P/c1-17(2)7-6-8-18(3)22-11-12-23-21-10-9-19-15-20(28)16-25(32(29,30)31)27(19,5)24(21)13-14-26(22,23)4/h9,17-18,20-25,28H,6-8,10-16H2,1-5H3,(H2,29,30,31)/t18-,20-,21+,22-,23+,24+,25?,26-,27+/m0/s1. The largest absolute Gasteiger partial charge is 0.393 e. The highest BCUT2D eigenvalue weighted by Gasteiger charge is 2.63. The summed E-state index contributed by atoms with van der Waals surface area (Å²) in [6.45, 7) is 11.8. The van der Waals surface area contributed by atoms with E-state index < -0.39 is 24.8 Å². The molecule has 0 aromatic heterocycles. The van der Waals surface area contributed by atoms with Crippen molar-refractivity contribution in [2.75, 3.05) is 0 Å². The third-order valence-electron chi connectivity index (χ3n) is 10.8. The summed E-state index contributed by atoms with van der Waals surface area (Å²) in [7, 11) is -4.29. The van der Waals surface area contributed by atoms with Crippen molar-refractivity contribution in [3.8, 4) is 0 Å². The zero-order valence-corrected chi connectivity index (χ0v) is 21.9. The van der Waals surface area contributed by atoms with Gasteiger partial charge in [-0.1, -0.05) is 65.5 Å². The minimum absolute atomic E-state index is 0.235. The van der Waals surface area contributed by atoms with E-state index >= 15 is 0 Å². The molecular weight excluding hydrogens is 419 g/mol. The molecule has 0 aromatic carbocycles. The van der Waals surface area contributed by atoms with Crippen LogP contribution in [0.1, 0.15) is 98.8 Å². The number of allylic oxidation sites excluding steroid dienone is 1. The van der Waals surface area contributed by atoms with Crippen LogP contribution in [0.5, 0.6) is 0 Å². The van der Waals surface area contributed by atoms with Crippen molar-refractivity contribution >= 4 is 7.60 Å². The maximum atomic E-state index is 12.6. The van der Waals surface area contributed by atoms with Gasteiger partial charge in [-0.2, -0.15) is 0 Å². The van der Waals surface area contributed by atoms with Gasteiger partial charge in [-0.05, 0) is 85.9 Å². The lowest BCUT2D eigenvalue weighted by Gasteiger charge is -2.60. The number of hydrogen-bond donors (Lipinski definition) is 3. The topological polar surface area (TPSA) is 77.8 Å². The van der Waals surface area contributed by atoms with Gasteiger partial charge in [0.15, 0.2) is 0 Å². The Balaban J connectivity index is 1.58. The number of hydrogen-bond acceptors (Lipinski definition) is 2. The molecule has 4 nitrogen and oxygen atoms in total. The van der Waals surface area contributed by atoms with E-state index in [0.717, 1.165) is 36.2 Å². The summed E-state index contributed by atoms with van der Waals surface area (Å²) in [5.74, 6) is 3.85. The third kappa shape index (κ3) is 4.10. The first-order chi connectivity index (χ1) is 14.9. The average molecular weight is 467 g/mol. The molecule has 0 heterocycles. The number of aliphatic hydroxyl groups is 1. The van der Waals surface area contributed by atoms with E-state index in [1.165, 1.54) is 38.5 Å². The molecule has 4 aliphatic carbocycles. The fraction of sp³-hybridized carbons (Fsp3) is 0.926. The molecule has 3 N–H and O–H groups in total. The molecule has 0 aliphatic heterocycles. The summed E-state index contributed by atoms with van der Waals surface area (Å²) in [6, 6.07) is 0. The minimum Gasteiger partial charge on any atom is -0.393 e. The number of aliphatic hydroxyl groups excluding tert-OH is 1. The van der Waals surface area contributed by atoms with Gasteiger partial charge in [0.2, 0.25) is 0 Å². The van der Waals surface area contributed by atoms with Crippen molar-refractivity contribution in [2.24, 2.45) is 46.3 Å². The van der Waals surface area contributed by atoms with Gasteiger partial charge in [0.1, 0.15) is 0 Å². The Labute approximate surface area is 195 Å². The van der Waals surface area contributed by atoms with Gasteiger partial charge in [-0.3, -0.25) is 4.57 Å². The zero-order valence-electron chi connectivity index (χ0n) is 21.0. The number of fused-ring (bicyclic) bond motifs is 5. The van der Waals surface area contributed by atoms with E-state index in [9.17, 15) is 19.5 Å². The first-order valence-electron chi connectivity index (χ1n) is 13.3. The smallest absolute Gasteiger partial charge is 0.329 e. The maximum Gasteiger partial charge on any atom is 0.329 e. The van der Waals surface area contributed by atoms with Crippen molar-refractivity contribution in [1.82, 2.24) is 0 Å². The summed E-state index contributed by atoms with van der Waals surface area (Å²) in [5, 5.41) is 10.4. The van der Waals surface area contributed by atoms with Crippen LogP contribution in [-0.4, -0.2) is 26.7 Å². The van der Waals surface area contributed by atoms with Crippen LogP contribution in [0.25, 0.3) is 0 Å². The Morgan fingerprint density at radius 2 is 1.81 bits per heavy atom. The van der Waals surface area contributed by atoms with E-state index in [1.54, 1.807) is 0 Å². The molecule has 0 saturated heterocycles. The Morgan fingerprint density at radius 1 is 1.09 bits per heavy atom. The Kier molecular flexibility index (Phi) is 6.87. The van der Waals surface area contributed by atoms with Gasteiger partial charge in [-0.15, -0.1) is 0 Å². The molecular formula is C27H47O4P. The zero-order chi connectivity index (χ0) is 23.5. The third-order valence-corrected chi connectivity index (χ3v) is 12.3. The monoisotopic (exact) mass is 466 g/mol. The van der Waals surface area contributed by atoms with Crippen molar-refractivity contribution in [3.05, 3.63) is 11.6 Å². The summed E-state index contributed by atoms with van der Waals surface area (Å²) >= 11 is 0. The average Bonchev–Trinajstić information content (AvgIpc) is 3.04. The van der Waals surface area contributed by atoms with Crippen LogP contribution in [0.2, 0.25) is 0 Å². The van der Waals surface area contributed by atoms with Crippen LogP contribution < -0.4 is 0 Å². The van der Waals surface area contributed by atoms with Crippen LogP contribution in [0.3, 0.4) is 0 Å². The minimum atomic E-state index is -4.29. The van der Waals surface area contributed by atoms with Gasteiger partial charge in [-0.25, -0.2) is 0 Å². The van der Waals surface area contributed by atoms with Gasteiger partial charge in [0.25, 0.3) is 0 Å². The Hall–Kier alpha value is -0.150. The van der Waals surface area contributed by atoms with Crippen LogP contribution >= 0.6 is 7.60 Å². The van der Waals surface area contributed by atoms with Gasteiger partial charge in [0.05, 0.1) is 11.8 Å². The van der Waals surface area contributed by atoms with Gasteiger partial charge < -0.3 is 14.9 Å². The summed E-state index contributed by atoms with van der Waals surface area (Å²) in [5.41, 5.74) is 0.287. The lowest BCUT2D eigenvalue weighted by Crippen LogP contribution is -2.55. The van der Waals surface area contributed by atoms with E-state index in [0.29, 0.717) is 29.6 Å². The second-order valence-electron chi connectivity index (χ2n) is 12.9. The number of rotatable bonds is 6. The molecule has 0 spiro atoms. The SMILES string of the molecule is CC(C)CCC[C@H](C)[C@@H]1CC[C@@H]2[C@H]3CC=C4C[C@H](O)CC(P(=O)(O)O)[C@@]4(C)[C@@H]3CC[C@]21C. The first kappa shape index (κ1) is 25.0. The molecule has 4 rings (SSSR count). The molecule has 0 bridgehead atoms. The summed E-state index contributed by atoms with van der Waals surface area (Å²) < 4.78 is 12.6. The van der Waals surface area contributed by atoms with Crippen LogP contribution in [0.4, 0.5) is 0 Å².